The van der Waals surface area contributed by atoms with Gasteiger partial charge in [-0.1, -0.05) is 0 Å². The first-order valence-electron chi connectivity index (χ1n) is 8.14. The smallest absolute Gasteiger partial charge is 0.272 e. The molecule has 7 nitrogen and oxygen atoms in total. The molecular weight excluding hydrogens is 362 g/mol. The number of halogens is 2. The van der Waals surface area contributed by atoms with Gasteiger partial charge in [-0.2, -0.15) is 8.75 Å². The maximum absolute atomic E-state index is 12.5. The van der Waals surface area contributed by atoms with Gasteiger partial charge in [0.2, 0.25) is 5.88 Å². The van der Waals surface area contributed by atoms with Gasteiger partial charge in [0.1, 0.15) is 6.33 Å². The van der Waals surface area contributed by atoms with Crippen LogP contribution >= 0.6 is 11.7 Å². The molecule has 0 atom stereocenters. The number of rotatable bonds is 5. The Labute approximate surface area is 152 Å². The highest BCUT2D eigenvalue weighted by molar-refractivity contribution is 6.99. The van der Waals surface area contributed by atoms with Gasteiger partial charge in [-0.05, 0) is 18.2 Å². The summed E-state index contributed by atoms with van der Waals surface area (Å²) in [7, 11) is 0. The third kappa shape index (κ3) is 3.50. The van der Waals surface area contributed by atoms with Gasteiger partial charge in [-0.3, -0.25) is 0 Å². The van der Waals surface area contributed by atoms with Crippen molar-refractivity contribution in [3.05, 3.63) is 30.7 Å². The number of alkyl halides is 2. The van der Waals surface area contributed by atoms with E-state index < -0.39 is 13.0 Å². The van der Waals surface area contributed by atoms with Crippen molar-refractivity contribution in [1.29, 1.82) is 0 Å². The Hall–Kier alpha value is -2.62. The van der Waals surface area contributed by atoms with E-state index in [9.17, 15) is 8.78 Å². The van der Waals surface area contributed by atoms with E-state index in [1.165, 1.54) is 18.1 Å². The van der Waals surface area contributed by atoms with Gasteiger partial charge in [0.05, 0.1) is 28.8 Å². The second kappa shape index (κ2) is 7.32. The summed E-state index contributed by atoms with van der Waals surface area (Å²) < 4.78 is 38.4. The number of hydrogen-bond acceptors (Lipinski definition) is 8. The molecule has 1 fully saturated rings. The summed E-state index contributed by atoms with van der Waals surface area (Å²) in [6.07, 6.45) is 0.556. The van der Waals surface area contributed by atoms with Crippen molar-refractivity contribution >= 4 is 34.1 Å². The molecule has 0 aliphatic carbocycles. The highest BCUT2D eigenvalue weighted by Crippen LogP contribution is 2.28. The predicted molar refractivity (Wildman–Crippen MR) is 95.4 cm³/mol. The molecule has 3 aromatic rings. The summed E-state index contributed by atoms with van der Waals surface area (Å²) in [5.41, 5.74) is 1.66. The van der Waals surface area contributed by atoms with Crippen LogP contribution in [0.15, 0.2) is 30.7 Å². The largest absolute Gasteiger partial charge is 0.471 e. The minimum Gasteiger partial charge on any atom is -0.471 e. The third-order valence-electron chi connectivity index (χ3n) is 4.25. The Bertz CT molecular complexity index is 870. The van der Waals surface area contributed by atoms with Crippen molar-refractivity contribution in [2.24, 2.45) is 0 Å². The van der Waals surface area contributed by atoms with Gasteiger partial charge in [-0.15, -0.1) is 0 Å². The molecule has 4 rings (SSSR count). The van der Waals surface area contributed by atoms with Crippen molar-refractivity contribution in [1.82, 2.24) is 18.7 Å². The fourth-order valence-corrected chi connectivity index (χ4v) is 3.40. The molecule has 136 valence electrons. The van der Waals surface area contributed by atoms with E-state index in [1.54, 1.807) is 6.20 Å². The predicted octanol–water partition coefficient (Wildman–Crippen LogP) is 2.45. The average molecular weight is 378 g/mol. The van der Waals surface area contributed by atoms with Crippen molar-refractivity contribution in [3.63, 3.8) is 0 Å². The van der Waals surface area contributed by atoms with Crippen LogP contribution < -0.4 is 14.5 Å². The monoisotopic (exact) mass is 378 g/mol. The Kier molecular flexibility index (Phi) is 4.74. The van der Waals surface area contributed by atoms with Crippen molar-refractivity contribution in [2.45, 2.75) is 6.43 Å². The SMILES string of the molecule is FC(F)COc1ncnc2ccc(N3CCN(c4cnsn4)CC3)cc12. The summed E-state index contributed by atoms with van der Waals surface area (Å²) in [5.74, 6) is 1.09. The zero-order valence-corrected chi connectivity index (χ0v) is 14.6. The molecule has 0 unspecified atom stereocenters. The lowest BCUT2D eigenvalue weighted by Gasteiger charge is -2.36. The minimum absolute atomic E-state index is 0.185. The summed E-state index contributed by atoms with van der Waals surface area (Å²) in [4.78, 5) is 12.6. The molecule has 3 heterocycles. The van der Waals surface area contributed by atoms with E-state index >= 15 is 0 Å². The molecule has 1 aliphatic heterocycles. The van der Waals surface area contributed by atoms with E-state index in [4.69, 9.17) is 4.74 Å². The lowest BCUT2D eigenvalue weighted by Crippen LogP contribution is -2.46. The highest BCUT2D eigenvalue weighted by atomic mass is 32.1. The van der Waals surface area contributed by atoms with E-state index in [0.717, 1.165) is 37.7 Å². The average Bonchev–Trinajstić information content (AvgIpc) is 3.21. The topological polar surface area (TPSA) is 67.3 Å². The molecule has 10 heteroatoms. The number of fused-ring (bicyclic) bond motifs is 1. The van der Waals surface area contributed by atoms with Crippen LogP contribution in [0.2, 0.25) is 0 Å². The number of ether oxygens (including phenoxy) is 1. The summed E-state index contributed by atoms with van der Waals surface area (Å²) >= 11 is 1.20. The van der Waals surface area contributed by atoms with Crippen LogP contribution in [0, 0.1) is 0 Å². The number of nitrogens with zero attached hydrogens (tertiary/aromatic N) is 6. The van der Waals surface area contributed by atoms with Crippen LogP contribution in [0.5, 0.6) is 5.88 Å². The Morgan fingerprint density at radius 3 is 2.65 bits per heavy atom. The maximum atomic E-state index is 12.5. The van der Waals surface area contributed by atoms with E-state index in [2.05, 4.69) is 28.5 Å². The van der Waals surface area contributed by atoms with Crippen molar-refractivity contribution < 1.29 is 13.5 Å². The summed E-state index contributed by atoms with van der Waals surface area (Å²) in [5, 5.41) is 0.636. The maximum Gasteiger partial charge on any atom is 0.272 e. The quantitative estimate of drug-likeness (QED) is 0.676. The molecule has 0 saturated carbocycles. The van der Waals surface area contributed by atoms with Crippen LogP contribution in [0.4, 0.5) is 20.3 Å². The molecule has 2 aromatic heterocycles. The van der Waals surface area contributed by atoms with E-state index in [0.29, 0.717) is 10.9 Å². The van der Waals surface area contributed by atoms with Crippen molar-refractivity contribution in [2.75, 3.05) is 42.6 Å². The third-order valence-corrected chi connectivity index (χ3v) is 4.72. The lowest BCUT2D eigenvalue weighted by molar-refractivity contribution is 0.0804. The Balaban J connectivity index is 1.53. The second-order valence-corrected chi connectivity index (χ2v) is 6.38. The van der Waals surface area contributed by atoms with Gasteiger partial charge in [0.15, 0.2) is 12.4 Å². The van der Waals surface area contributed by atoms with Gasteiger partial charge < -0.3 is 14.5 Å². The molecule has 26 heavy (non-hydrogen) atoms. The van der Waals surface area contributed by atoms with E-state index in [1.807, 2.05) is 18.2 Å². The van der Waals surface area contributed by atoms with Crippen LogP contribution in [0.3, 0.4) is 0 Å². The first-order chi connectivity index (χ1) is 12.7. The lowest BCUT2D eigenvalue weighted by atomic mass is 10.2. The van der Waals surface area contributed by atoms with Crippen LogP contribution in [-0.2, 0) is 0 Å². The van der Waals surface area contributed by atoms with Crippen molar-refractivity contribution in [3.8, 4) is 5.88 Å². The summed E-state index contributed by atoms with van der Waals surface area (Å²) in [6, 6.07) is 5.74. The van der Waals surface area contributed by atoms with Gasteiger partial charge in [0, 0.05) is 31.9 Å². The second-order valence-electron chi connectivity index (χ2n) is 5.82. The van der Waals surface area contributed by atoms with Gasteiger partial charge in [0.25, 0.3) is 6.43 Å². The first kappa shape index (κ1) is 16.8. The van der Waals surface area contributed by atoms with Gasteiger partial charge >= 0.3 is 0 Å². The molecule has 1 aliphatic rings. The van der Waals surface area contributed by atoms with Crippen LogP contribution in [0.25, 0.3) is 10.9 Å². The standard InChI is InChI=1S/C16H16F2N6OS/c17-14(18)9-25-16-12-7-11(1-2-13(12)19-10-20-16)23-3-5-24(6-4-23)15-8-21-26-22-15/h1-2,7-8,10,14H,3-6,9H2. The van der Waals surface area contributed by atoms with Gasteiger partial charge in [-0.25, -0.2) is 18.7 Å². The normalized spacial score (nSPS) is 15.0. The zero-order chi connectivity index (χ0) is 17.9. The molecule has 0 bridgehead atoms. The number of hydrogen-bond donors (Lipinski definition) is 0. The van der Waals surface area contributed by atoms with Crippen LogP contribution in [0.1, 0.15) is 0 Å². The zero-order valence-electron chi connectivity index (χ0n) is 13.8. The number of benzene rings is 1. The molecule has 1 aromatic carbocycles. The first-order valence-corrected chi connectivity index (χ1v) is 8.87. The number of piperazine rings is 1. The molecule has 0 amide bonds. The molecular formula is C16H16F2N6OS. The highest BCUT2D eigenvalue weighted by Gasteiger charge is 2.20. The Morgan fingerprint density at radius 1 is 1.12 bits per heavy atom. The minimum atomic E-state index is -2.54. The van der Waals surface area contributed by atoms with E-state index in [-0.39, 0.29) is 5.88 Å². The summed E-state index contributed by atoms with van der Waals surface area (Å²) in [6.45, 7) is 2.64. The number of aromatic nitrogens is 4. The Morgan fingerprint density at radius 2 is 1.92 bits per heavy atom. The molecule has 0 N–H and O–H groups in total. The fraction of sp³-hybridized carbons (Fsp3) is 0.375. The fourth-order valence-electron chi connectivity index (χ4n) is 2.97. The molecule has 0 radical (unpaired) electrons. The van der Waals surface area contributed by atoms with Crippen LogP contribution in [-0.4, -0.2) is 57.9 Å². The molecule has 1 saturated heterocycles. The number of anilines is 2. The molecule has 0 spiro atoms.